The lowest BCUT2D eigenvalue weighted by Gasteiger charge is -2.33. The first-order valence-electron chi connectivity index (χ1n) is 3.76. The predicted octanol–water partition coefficient (Wildman–Crippen LogP) is 3.21. The third kappa shape index (κ3) is 1.20. The molecule has 0 saturated heterocycles. The van der Waals surface area contributed by atoms with Crippen LogP contribution in [0, 0.1) is 0 Å². The lowest BCUT2D eigenvalue weighted by molar-refractivity contribution is -0.237. The molecule has 0 bridgehead atoms. The third-order valence-corrected chi connectivity index (χ3v) is 5.55. The van der Waals surface area contributed by atoms with E-state index in [4.69, 9.17) is 0 Å². The van der Waals surface area contributed by atoms with Crippen molar-refractivity contribution in [3.8, 4) is 0 Å². The van der Waals surface area contributed by atoms with Crippen LogP contribution < -0.4 is 0 Å². The van der Waals surface area contributed by atoms with E-state index in [2.05, 4.69) is 31.9 Å². The van der Waals surface area contributed by atoms with Crippen molar-refractivity contribution in [2.24, 2.45) is 0 Å². The van der Waals surface area contributed by atoms with Crippen LogP contribution in [0.2, 0.25) is 0 Å². The van der Waals surface area contributed by atoms with Gasteiger partial charge in [0.2, 0.25) is 0 Å². The molecule has 12 heavy (non-hydrogen) atoms. The van der Waals surface area contributed by atoms with E-state index < -0.39 is 11.1 Å². The van der Waals surface area contributed by atoms with Crippen molar-refractivity contribution in [3.05, 3.63) is 8.96 Å². The Bertz CT molecular complexity index is 221. The van der Waals surface area contributed by atoms with Crippen molar-refractivity contribution in [1.29, 1.82) is 0 Å². The summed E-state index contributed by atoms with van der Waals surface area (Å²) in [6, 6.07) is 0. The molecule has 0 fully saturated rings. The molecule has 0 aromatic rings. The maximum atomic E-state index is 11.8. The Hall–Kier alpha value is 0.620. The molecule has 4 heteroatoms. The van der Waals surface area contributed by atoms with E-state index in [0.717, 1.165) is 14.0 Å². The highest BCUT2D eigenvalue weighted by molar-refractivity contribution is 9.14. The van der Waals surface area contributed by atoms with Gasteiger partial charge in [0, 0.05) is 8.96 Å². The van der Waals surface area contributed by atoms with Gasteiger partial charge in [-0.3, -0.25) is 0 Å². The Morgan fingerprint density at radius 3 is 1.33 bits per heavy atom. The zero-order valence-corrected chi connectivity index (χ0v) is 10.8. The Kier molecular flexibility index (Phi) is 2.50. The summed E-state index contributed by atoms with van der Waals surface area (Å²) in [5.41, 5.74) is -0.912. The van der Waals surface area contributed by atoms with Gasteiger partial charge in [0.25, 0.3) is 0 Å². The molecule has 0 saturated carbocycles. The fourth-order valence-electron chi connectivity index (χ4n) is 1.41. The molecule has 0 aromatic heterocycles. The Balaban J connectivity index is 3.22. The number of hydrogen-bond acceptors (Lipinski definition) is 1. The molecule has 0 atom stereocenters. The first-order valence-corrected chi connectivity index (χ1v) is 5.34. The number of halogens is 2. The van der Waals surface area contributed by atoms with E-state index in [1.54, 1.807) is 0 Å². The van der Waals surface area contributed by atoms with Crippen molar-refractivity contribution in [3.63, 3.8) is 0 Å². The molecule has 2 nitrogen and oxygen atoms in total. The quantitative estimate of drug-likeness (QED) is 0.673. The molecule has 1 radical (unpaired) electrons. The summed E-state index contributed by atoms with van der Waals surface area (Å²) < 4.78 is 1.88. The average Bonchev–Trinajstić information content (AvgIpc) is 2.06. The summed E-state index contributed by atoms with van der Waals surface area (Å²) in [6.45, 7) is 7.61. The maximum absolute atomic E-state index is 11.8. The molecule has 0 spiro atoms. The van der Waals surface area contributed by atoms with Crippen molar-refractivity contribution in [2.75, 3.05) is 0 Å². The highest BCUT2D eigenvalue weighted by Gasteiger charge is 2.50. The Morgan fingerprint density at radius 2 is 1.25 bits per heavy atom. The fraction of sp³-hybridized carbons (Fsp3) is 0.750. The lowest BCUT2D eigenvalue weighted by atomic mass is 10.1. The molecule has 1 aliphatic rings. The molecule has 69 valence electrons. The van der Waals surface area contributed by atoms with Crippen LogP contribution in [-0.4, -0.2) is 16.1 Å². The second-order valence-corrected chi connectivity index (χ2v) is 5.63. The predicted molar refractivity (Wildman–Crippen MR) is 55.6 cm³/mol. The highest BCUT2D eigenvalue weighted by atomic mass is 79.9. The van der Waals surface area contributed by atoms with Crippen LogP contribution in [0.15, 0.2) is 8.96 Å². The second kappa shape index (κ2) is 2.80. The lowest BCUT2D eigenvalue weighted by Crippen LogP contribution is -2.46. The normalized spacial score (nSPS) is 28.2. The van der Waals surface area contributed by atoms with Gasteiger partial charge in [0.05, 0.1) is 11.1 Å². The summed E-state index contributed by atoms with van der Waals surface area (Å²) in [5, 5.41) is 12.9. The molecule has 0 N–H and O–H groups in total. The topological polar surface area (TPSA) is 23.1 Å². The van der Waals surface area contributed by atoms with E-state index in [9.17, 15) is 5.21 Å². The van der Waals surface area contributed by atoms with Crippen LogP contribution in [0.3, 0.4) is 0 Å². The van der Waals surface area contributed by atoms with Crippen LogP contribution in [0.5, 0.6) is 0 Å². The molecule has 0 aromatic carbocycles. The van der Waals surface area contributed by atoms with Crippen molar-refractivity contribution < 1.29 is 5.21 Å². The van der Waals surface area contributed by atoms with Gasteiger partial charge in [0.15, 0.2) is 0 Å². The molecular weight excluding hydrogens is 286 g/mol. The molecule has 1 heterocycles. The molecule has 0 amide bonds. The van der Waals surface area contributed by atoms with Crippen LogP contribution in [0.1, 0.15) is 27.7 Å². The van der Waals surface area contributed by atoms with Gasteiger partial charge in [-0.05, 0) is 27.7 Å². The summed E-state index contributed by atoms with van der Waals surface area (Å²) in [5.74, 6) is 0. The standard InChI is InChI=1S/C8H12Br2NO/c1-7(2)5(9)6(10)8(3,4)11(7)12/h1-4H3. The minimum atomic E-state index is -0.456. The zero-order chi connectivity index (χ0) is 9.73. The van der Waals surface area contributed by atoms with Gasteiger partial charge in [-0.15, -0.1) is 10.3 Å². The van der Waals surface area contributed by atoms with Crippen LogP contribution >= 0.6 is 31.9 Å². The Labute approximate surface area is 89.8 Å². The van der Waals surface area contributed by atoms with Gasteiger partial charge < -0.3 is 0 Å². The van der Waals surface area contributed by atoms with Gasteiger partial charge in [0.1, 0.15) is 0 Å². The number of nitrogens with zero attached hydrogens (tertiary/aromatic N) is 1. The maximum Gasteiger partial charge on any atom is 0.0769 e. The number of hydroxylamine groups is 2. The van der Waals surface area contributed by atoms with Crippen LogP contribution in [-0.2, 0) is 5.21 Å². The molecule has 0 unspecified atom stereocenters. The first-order chi connectivity index (χ1) is 5.22. The second-order valence-electron chi connectivity index (χ2n) is 4.04. The number of hydrogen-bond donors (Lipinski definition) is 0. The van der Waals surface area contributed by atoms with Gasteiger partial charge >= 0.3 is 0 Å². The fourth-order valence-corrected chi connectivity index (χ4v) is 2.71. The van der Waals surface area contributed by atoms with E-state index in [-0.39, 0.29) is 0 Å². The van der Waals surface area contributed by atoms with Crippen LogP contribution in [0.25, 0.3) is 0 Å². The van der Waals surface area contributed by atoms with Gasteiger partial charge in [-0.25, -0.2) is 0 Å². The minimum Gasteiger partial charge on any atom is -0.134 e. The summed E-state index contributed by atoms with van der Waals surface area (Å²) in [7, 11) is 0. The summed E-state index contributed by atoms with van der Waals surface area (Å²) in [4.78, 5) is 0. The molecule has 0 aliphatic carbocycles. The van der Waals surface area contributed by atoms with Gasteiger partial charge in [-0.1, -0.05) is 31.9 Å². The van der Waals surface area contributed by atoms with E-state index in [1.807, 2.05) is 27.7 Å². The molecule has 1 aliphatic heterocycles. The van der Waals surface area contributed by atoms with E-state index in [0.29, 0.717) is 0 Å². The monoisotopic (exact) mass is 296 g/mol. The first kappa shape index (κ1) is 10.7. The largest absolute Gasteiger partial charge is 0.134 e. The van der Waals surface area contributed by atoms with Crippen molar-refractivity contribution >= 4 is 31.9 Å². The van der Waals surface area contributed by atoms with Crippen molar-refractivity contribution in [2.45, 2.75) is 38.8 Å². The smallest absolute Gasteiger partial charge is 0.0769 e. The minimum absolute atomic E-state index is 0.456. The van der Waals surface area contributed by atoms with Crippen molar-refractivity contribution in [1.82, 2.24) is 5.06 Å². The highest BCUT2D eigenvalue weighted by Crippen LogP contribution is 2.48. The zero-order valence-electron chi connectivity index (χ0n) is 7.61. The summed E-state index contributed by atoms with van der Waals surface area (Å²) >= 11 is 6.86. The van der Waals surface area contributed by atoms with Gasteiger partial charge in [-0.2, -0.15) is 0 Å². The van der Waals surface area contributed by atoms with Crippen LogP contribution in [0.4, 0.5) is 0 Å². The van der Waals surface area contributed by atoms with E-state index >= 15 is 0 Å². The summed E-state index contributed by atoms with van der Waals surface area (Å²) in [6.07, 6.45) is 0. The third-order valence-electron chi connectivity index (χ3n) is 2.28. The molecule has 1 rings (SSSR count). The number of rotatable bonds is 0. The van der Waals surface area contributed by atoms with E-state index in [1.165, 1.54) is 0 Å². The Morgan fingerprint density at radius 1 is 1.00 bits per heavy atom. The SMILES string of the molecule is CC1(C)C(Br)=C(Br)C(C)(C)N1[O]. The molecular formula is C8H12Br2NO. The average molecular weight is 298 g/mol.